The van der Waals surface area contributed by atoms with Crippen molar-refractivity contribution in [2.75, 3.05) is 5.33 Å². The summed E-state index contributed by atoms with van der Waals surface area (Å²) in [5, 5.41) is 0.780. The monoisotopic (exact) mass is 198 g/mol. The van der Waals surface area contributed by atoms with Crippen LogP contribution in [0.1, 0.15) is 25.7 Å². The highest BCUT2D eigenvalue weighted by molar-refractivity contribution is 9.09. The van der Waals surface area contributed by atoms with E-state index in [-0.39, 0.29) is 0 Å². The van der Waals surface area contributed by atoms with Crippen molar-refractivity contribution in [2.45, 2.75) is 25.7 Å². The Labute approximate surface area is 71.5 Å². The molecule has 0 spiro atoms. The minimum absolute atomic E-state index is 0.780. The maximum Gasteiger partial charge on any atom is 0.0645 e. The Bertz CT molecular complexity index is 154. The Morgan fingerprint density at radius 1 is 1.10 bits per heavy atom. The number of rotatable bonds is 3. The molecule has 0 aliphatic rings. The van der Waals surface area contributed by atoms with Crippen LogP contribution in [-0.4, -0.2) is 5.33 Å². The number of halogens is 1. The zero-order valence-electron chi connectivity index (χ0n) is 5.99. The highest BCUT2D eigenvalue weighted by Gasteiger charge is 1.81. The first-order valence-corrected chi connectivity index (χ1v) is 4.49. The average Bonchev–Trinajstić information content (AvgIpc) is 1.97. The molecule has 0 bridgehead atoms. The van der Waals surface area contributed by atoms with Gasteiger partial charge in [0.2, 0.25) is 0 Å². The van der Waals surface area contributed by atoms with Crippen LogP contribution in [-0.2, 0) is 0 Å². The van der Waals surface area contributed by atoms with Crippen molar-refractivity contribution in [2.24, 2.45) is 0 Å². The van der Waals surface area contributed by atoms with Gasteiger partial charge < -0.3 is 0 Å². The zero-order valence-corrected chi connectivity index (χ0v) is 7.58. The summed E-state index contributed by atoms with van der Waals surface area (Å²) >= 11 is 3.23. The standard InChI is InChI=1S/C9H11Br/c1-2-3-4-5-6-7-8-9-10/h1H,3-6,9H2. The van der Waals surface area contributed by atoms with Crippen LogP contribution < -0.4 is 0 Å². The molecule has 0 unspecified atom stereocenters. The molecule has 0 fully saturated rings. The molecule has 0 radical (unpaired) electrons. The smallest absolute Gasteiger partial charge is 0.0645 e. The summed E-state index contributed by atoms with van der Waals surface area (Å²) in [7, 11) is 0. The van der Waals surface area contributed by atoms with Gasteiger partial charge in [-0.1, -0.05) is 21.9 Å². The van der Waals surface area contributed by atoms with Crippen LogP contribution in [0.3, 0.4) is 0 Å². The molecule has 0 saturated heterocycles. The van der Waals surface area contributed by atoms with Crippen molar-refractivity contribution in [3.63, 3.8) is 0 Å². The highest BCUT2D eigenvalue weighted by Crippen LogP contribution is 1.96. The Hall–Kier alpha value is -0.400. The molecule has 1 heteroatoms. The van der Waals surface area contributed by atoms with Gasteiger partial charge in [-0.15, -0.1) is 18.3 Å². The number of hydrogen-bond acceptors (Lipinski definition) is 0. The van der Waals surface area contributed by atoms with E-state index in [1.807, 2.05) is 0 Å². The summed E-state index contributed by atoms with van der Waals surface area (Å²) in [5.41, 5.74) is 0. The van der Waals surface area contributed by atoms with E-state index >= 15 is 0 Å². The molecular weight excluding hydrogens is 188 g/mol. The number of unbranched alkanes of at least 4 members (excludes halogenated alkanes) is 3. The summed E-state index contributed by atoms with van der Waals surface area (Å²) < 4.78 is 0. The largest absolute Gasteiger partial charge is 0.120 e. The van der Waals surface area contributed by atoms with Crippen molar-refractivity contribution in [3.8, 4) is 24.2 Å². The van der Waals surface area contributed by atoms with Crippen LogP contribution >= 0.6 is 15.9 Å². The Morgan fingerprint density at radius 3 is 2.40 bits per heavy atom. The first-order valence-electron chi connectivity index (χ1n) is 3.37. The quantitative estimate of drug-likeness (QED) is 0.372. The van der Waals surface area contributed by atoms with Gasteiger partial charge in [-0.05, 0) is 12.8 Å². The molecule has 0 aliphatic heterocycles. The predicted molar refractivity (Wildman–Crippen MR) is 48.9 cm³/mol. The minimum Gasteiger partial charge on any atom is -0.120 e. The molecule has 0 amide bonds. The van der Waals surface area contributed by atoms with Gasteiger partial charge in [0.25, 0.3) is 0 Å². The lowest BCUT2D eigenvalue weighted by Gasteiger charge is -1.87. The van der Waals surface area contributed by atoms with Crippen LogP contribution in [0.5, 0.6) is 0 Å². The normalized spacial score (nSPS) is 7.60. The van der Waals surface area contributed by atoms with E-state index in [4.69, 9.17) is 6.42 Å². The Morgan fingerprint density at radius 2 is 1.80 bits per heavy atom. The van der Waals surface area contributed by atoms with Crippen LogP contribution in [0.15, 0.2) is 0 Å². The Kier molecular flexibility index (Phi) is 8.26. The summed E-state index contributed by atoms with van der Waals surface area (Å²) in [4.78, 5) is 0. The predicted octanol–water partition coefficient (Wildman–Crippen LogP) is 2.58. The molecule has 54 valence electrons. The molecular formula is C9H11Br. The summed E-state index contributed by atoms with van der Waals surface area (Å²) in [6, 6.07) is 0. The molecule has 0 aromatic heterocycles. The van der Waals surface area contributed by atoms with Gasteiger partial charge in [0.15, 0.2) is 0 Å². The molecule has 0 nitrogen and oxygen atoms in total. The van der Waals surface area contributed by atoms with E-state index < -0.39 is 0 Å². The third-order valence-corrected chi connectivity index (χ3v) is 1.35. The number of hydrogen-bond donors (Lipinski definition) is 0. The highest BCUT2D eigenvalue weighted by atomic mass is 79.9. The molecule has 0 rings (SSSR count). The minimum atomic E-state index is 0.780. The number of alkyl halides is 1. The molecule has 0 saturated carbocycles. The van der Waals surface area contributed by atoms with Gasteiger partial charge in [-0.2, -0.15) is 0 Å². The summed E-state index contributed by atoms with van der Waals surface area (Å²) in [5.74, 6) is 8.57. The van der Waals surface area contributed by atoms with Gasteiger partial charge in [0.1, 0.15) is 0 Å². The van der Waals surface area contributed by atoms with E-state index in [2.05, 4.69) is 33.7 Å². The van der Waals surface area contributed by atoms with E-state index in [0.29, 0.717) is 0 Å². The molecule has 0 heterocycles. The second kappa shape index (κ2) is 8.60. The average molecular weight is 199 g/mol. The summed E-state index contributed by atoms with van der Waals surface area (Å²) in [6.45, 7) is 0. The number of terminal acetylenes is 1. The fourth-order valence-corrected chi connectivity index (χ4v) is 0.774. The van der Waals surface area contributed by atoms with Gasteiger partial charge in [0, 0.05) is 12.8 Å². The molecule has 0 aromatic carbocycles. The van der Waals surface area contributed by atoms with Crippen LogP contribution in [0.4, 0.5) is 0 Å². The van der Waals surface area contributed by atoms with Crippen LogP contribution in [0, 0.1) is 24.2 Å². The van der Waals surface area contributed by atoms with Gasteiger partial charge >= 0.3 is 0 Å². The van der Waals surface area contributed by atoms with Crippen LogP contribution in [0.2, 0.25) is 0 Å². The maximum atomic E-state index is 5.08. The lowest BCUT2D eigenvalue weighted by Crippen LogP contribution is -1.72. The fourth-order valence-electron chi connectivity index (χ4n) is 0.576. The Balaban J connectivity index is 2.99. The van der Waals surface area contributed by atoms with Crippen molar-refractivity contribution in [3.05, 3.63) is 0 Å². The summed E-state index contributed by atoms with van der Waals surface area (Å²) in [6.07, 6.45) is 9.17. The second-order valence-electron chi connectivity index (χ2n) is 1.90. The third kappa shape index (κ3) is 7.60. The van der Waals surface area contributed by atoms with E-state index in [1.165, 1.54) is 0 Å². The van der Waals surface area contributed by atoms with Crippen molar-refractivity contribution < 1.29 is 0 Å². The molecule has 0 aromatic rings. The van der Waals surface area contributed by atoms with Gasteiger partial charge in [-0.25, -0.2) is 0 Å². The van der Waals surface area contributed by atoms with E-state index in [1.54, 1.807) is 0 Å². The van der Waals surface area contributed by atoms with Gasteiger partial charge in [0.05, 0.1) is 5.33 Å². The van der Waals surface area contributed by atoms with Crippen molar-refractivity contribution in [1.29, 1.82) is 0 Å². The van der Waals surface area contributed by atoms with E-state index in [9.17, 15) is 0 Å². The molecule has 0 N–H and O–H groups in total. The SMILES string of the molecule is C#CCCCCC#CCBr. The lowest BCUT2D eigenvalue weighted by molar-refractivity contribution is 0.783. The van der Waals surface area contributed by atoms with Crippen molar-refractivity contribution in [1.82, 2.24) is 0 Å². The maximum absolute atomic E-state index is 5.08. The third-order valence-electron chi connectivity index (χ3n) is 1.06. The fraction of sp³-hybridized carbons (Fsp3) is 0.556. The topological polar surface area (TPSA) is 0 Å². The zero-order chi connectivity index (χ0) is 7.66. The van der Waals surface area contributed by atoms with E-state index in [0.717, 1.165) is 31.0 Å². The van der Waals surface area contributed by atoms with Crippen molar-refractivity contribution >= 4 is 15.9 Å². The second-order valence-corrected chi connectivity index (χ2v) is 2.46. The van der Waals surface area contributed by atoms with Crippen LogP contribution in [0.25, 0.3) is 0 Å². The molecule has 10 heavy (non-hydrogen) atoms. The molecule has 0 atom stereocenters. The van der Waals surface area contributed by atoms with Gasteiger partial charge in [-0.3, -0.25) is 0 Å². The molecule has 0 aliphatic carbocycles. The first kappa shape index (κ1) is 9.60. The first-order chi connectivity index (χ1) is 4.91. The lowest BCUT2D eigenvalue weighted by atomic mass is 10.2.